The minimum Gasteiger partial charge on any atom is -0.318 e. The number of carbonyl (C=O) groups is 1. The van der Waals surface area contributed by atoms with Crippen molar-refractivity contribution in [2.24, 2.45) is 5.92 Å². The maximum atomic E-state index is 12.7. The van der Waals surface area contributed by atoms with E-state index in [2.05, 4.69) is 23.3 Å². The minimum absolute atomic E-state index is 0.0301. The number of urea groups is 1. The Balaban J connectivity index is 1.53. The highest BCUT2D eigenvalue weighted by Crippen LogP contribution is 2.42. The number of pyridine rings is 1. The highest BCUT2D eigenvalue weighted by molar-refractivity contribution is 5.91. The van der Waals surface area contributed by atoms with Gasteiger partial charge in [0.1, 0.15) is 0 Å². The van der Waals surface area contributed by atoms with Crippen molar-refractivity contribution < 1.29 is 4.79 Å². The van der Waals surface area contributed by atoms with E-state index in [1.54, 1.807) is 18.3 Å². The summed E-state index contributed by atoms with van der Waals surface area (Å²) in [5.74, 6) is 0.758. The van der Waals surface area contributed by atoms with Crippen LogP contribution < -0.4 is 5.32 Å². The molecule has 5 rings (SSSR count). The van der Waals surface area contributed by atoms with Crippen molar-refractivity contribution in [1.29, 1.82) is 5.26 Å². The molecule has 26 heavy (non-hydrogen) atoms. The number of anilines is 1. The van der Waals surface area contributed by atoms with Gasteiger partial charge in [-0.15, -0.1) is 0 Å². The molecular formula is C21H22N4O. The number of carbonyl (C=O) groups excluding carboxylic acids is 1. The fourth-order valence-corrected chi connectivity index (χ4v) is 4.29. The van der Waals surface area contributed by atoms with Gasteiger partial charge >= 0.3 is 6.03 Å². The second-order valence-corrected chi connectivity index (χ2v) is 7.21. The van der Waals surface area contributed by atoms with Gasteiger partial charge in [0.25, 0.3) is 0 Å². The van der Waals surface area contributed by atoms with Gasteiger partial charge in [0.2, 0.25) is 0 Å². The molecular weight excluding hydrogens is 324 g/mol. The van der Waals surface area contributed by atoms with Crippen LogP contribution in [0.5, 0.6) is 0 Å². The summed E-state index contributed by atoms with van der Waals surface area (Å²) in [6.45, 7) is 2.23. The van der Waals surface area contributed by atoms with Crippen molar-refractivity contribution in [2.45, 2.75) is 44.7 Å². The second kappa shape index (κ2) is 6.80. The van der Waals surface area contributed by atoms with E-state index in [1.165, 1.54) is 6.42 Å². The Labute approximate surface area is 153 Å². The summed E-state index contributed by atoms with van der Waals surface area (Å²) in [6, 6.07) is 13.9. The average Bonchev–Trinajstić information content (AvgIpc) is 2.68. The van der Waals surface area contributed by atoms with Crippen molar-refractivity contribution in [3.05, 3.63) is 48.2 Å². The van der Waals surface area contributed by atoms with Crippen LogP contribution in [0, 0.1) is 17.2 Å². The smallest absolute Gasteiger partial charge is 0.318 e. The SMILES string of the molecule is CCC1CC2C[C@@H](C1)N2C(=O)Nc1ccc(C#N)c(-c2ccccn2)c1. The van der Waals surface area contributed by atoms with Gasteiger partial charge in [-0.05, 0) is 55.5 Å². The molecule has 5 heteroatoms. The predicted molar refractivity (Wildman–Crippen MR) is 100 cm³/mol. The van der Waals surface area contributed by atoms with Crippen molar-refractivity contribution in [3.8, 4) is 17.3 Å². The normalized spacial score (nSPS) is 23.7. The lowest BCUT2D eigenvalue weighted by Crippen LogP contribution is -2.63. The number of hydrogen-bond donors (Lipinski definition) is 1. The van der Waals surface area contributed by atoms with Gasteiger partial charge in [-0.1, -0.05) is 19.4 Å². The van der Waals surface area contributed by atoms with E-state index in [4.69, 9.17) is 0 Å². The van der Waals surface area contributed by atoms with Crippen LogP contribution in [-0.4, -0.2) is 28.0 Å². The van der Waals surface area contributed by atoms with Crippen molar-refractivity contribution in [3.63, 3.8) is 0 Å². The molecule has 1 aromatic carbocycles. The molecule has 2 aromatic rings. The van der Waals surface area contributed by atoms with Crippen LogP contribution in [0.4, 0.5) is 10.5 Å². The summed E-state index contributed by atoms with van der Waals surface area (Å²) >= 11 is 0. The molecule has 3 atom stereocenters. The van der Waals surface area contributed by atoms with E-state index in [0.29, 0.717) is 23.3 Å². The fourth-order valence-electron chi connectivity index (χ4n) is 4.29. The molecule has 0 radical (unpaired) electrons. The lowest BCUT2D eigenvalue weighted by Gasteiger charge is -2.55. The first-order valence-corrected chi connectivity index (χ1v) is 9.24. The van der Waals surface area contributed by atoms with Gasteiger partial charge in [-0.25, -0.2) is 4.79 Å². The van der Waals surface area contributed by atoms with Crippen LogP contribution >= 0.6 is 0 Å². The summed E-state index contributed by atoms with van der Waals surface area (Å²) in [4.78, 5) is 19.1. The molecule has 0 spiro atoms. The second-order valence-electron chi connectivity index (χ2n) is 7.21. The molecule has 1 aromatic heterocycles. The number of nitrogens with one attached hydrogen (secondary N) is 1. The molecule has 3 aliphatic rings. The first-order valence-electron chi connectivity index (χ1n) is 9.24. The van der Waals surface area contributed by atoms with Crippen LogP contribution in [0.15, 0.2) is 42.6 Å². The number of benzene rings is 1. The van der Waals surface area contributed by atoms with Gasteiger partial charge in [0, 0.05) is 29.5 Å². The quantitative estimate of drug-likeness (QED) is 0.894. The summed E-state index contributed by atoms with van der Waals surface area (Å²) in [6.07, 6.45) is 6.27. The highest BCUT2D eigenvalue weighted by Gasteiger charge is 2.47. The van der Waals surface area contributed by atoms with Gasteiger partial charge in [-0.2, -0.15) is 5.26 Å². The molecule has 1 aliphatic carbocycles. The van der Waals surface area contributed by atoms with Crippen LogP contribution in [0.25, 0.3) is 11.3 Å². The summed E-state index contributed by atoms with van der Waals surface area (Å²) < 4.78 is 0. The van der Waals surface area contributed by atoms with E-state index >= 15 is 0 Å². The van der Waals surface area contributed by atoms with E-state index in [1.807, 2.05) is 29.2 Å². The Hall–Kier alpha value is -2.87. The molecule has 1 saturated carbocycles. The zero-order valence-corrected chi connectivity index (χ0v) is 14.9. The topological polar surface area (TPSA) is 69.0 Å². The maximum Gasteiger partial charge on any atom is 0.322 e. The third-order valence-corrected chi connectivity index (χ3v) is 5.69. The summed E-state index contributed by atoms with van der Waals surface area (Å²) in [5, 5.41) is 12.4. The zero-order valence-electron chi connectivity index (χ0n) is 14.9. The van der Waals surface area contributed by atoms with E-state index in [0.717, 1.165) is 36.4 Å². The number of aromatic nitrogens is 1. The van der Waals surface area contributed by atoms with Crippen molar-refractivity contribution >= 4 is 11.7 Å². The summed E-state index contributed by atoms with van der Waals surface area (Å²) in [7, 11) is 0. The van der Waals surface area contributed by atoms with Gasteiger partial charge in [0.15, 0.2) is 0 Å². The third kappa shape index (κ3) is 2.92. The van der Waals surface area contributed by atoms with Crippen LogP contribution in [0.3, 0.4) is 0 Å². The Morgan fingerprint density at radius 3 is 2.73 bits per heavy atom. The average molecular weight is 346 g/mol. The molecule has 2 saturated heterocycles. The number of amides is 2. The van der Waals surface area contributed by atoms with Gasteiger partial charge in [-0.3, -0.25) is 4.98 Å². The van der Waals surface area contributed by atoms with Crippen molar-refractivity contribution in [2.75, 3.05) is 5.32 Å². The molecule has 3 heterocycles. The van der Waals surface area contributed by atoms with E-state index in [-0.39, 0.29) is 6.03 Å². The number of nitriles is 1. The lowest BCUT2D eigenvalue weighted by molar-refractivity contribution is -0.0112. The molecule has 2 unspecified atom stereocenters. The first-order chi connectivity index (χ1) is 12.7. The molecule has 1 N–H and O–H groups in total. The van der Waals surface area contributed by atoms with Gasteiger partial charge < -0.3 is 10.2 Å². The molecule has 132 valence electrons. The van der Waals surface area contributed by atoms with Crippen LogP contribution in [-0.2, 0) is 0 Å². The Bertz CT molecular complexity index is 846. The number of nitrogens with zero attached hydrogens (tertiary/aromatic N) is 3. The minimum atomic E-state index is -0.0301. The van der Waals surface area contributed by atoms with Crippen LogP contribution in [0.2, 0.25) is 0 Å². The number of piperidine rings is 1. The Morgan fingerprint density at radius 1 is 1.27 bits per heavy atom. The number of fused-ring (bicyclic) bond motifs is 2. The molecule has 2 aliphatic heterocycles. The lowest BCUT2D eigenvalue weighted by atomic mass is 9.73. The predicted octanol–water partition coefficient (Wildman–Crippen LogP) is 4.42. The number of rotatable bonds is 3. The summed E-state index contributed by atoms with van der Waals surface area (Å²) in [5.41, 5.74) is 2.72. The monoisotopic (exact) mass is 346 g/mol. The van der Waals surface area contributed by atoms with E-state index < -0.39 is 0 Å². The first kappa shape index (κ1) is 16.6. The van der Waals surface area contributed by atoms with Crippen molar-refractivity contribution in [1.82, 2.24) is 9.88 Å². The van der Waals surface area contributed by atoms with Gasteiger partial charge in [0.05, 0.1) is 17.3 Å². The Kier molecular flexibility index (Phi) is 4.34. The Morgan fingerprint density at radius 2 is 2.08 bits per heavy atom. The molecule has 2 bridgehead atoms. The molecule has 5 nitrogen and oxygen atoms in total. The molecule has 2 amide bonds. The number of hydrogen-bond acceptors (Lipinski definition) is 3. The highest BCUT2D eigenvalue weighted by atomic mass is 16.2. The van der Waals surface area contributed by atoms with E-state index in [9.17, 15) is 10.1 Å². The third-order valence-electron chi connectivity index (χ3n) is 5.69. The standard InChI is InChI=1S/C21H22N4O/c1-2-14-9-17-12-18(10-14)25(17)21(26)24-16-7-6-15(13-22)19(11-16)20-5-3-4-8-23-20/h3-8,11,14,17-18H,2,9-10,12H2,1H3,(H,24,26)/t14?,17-,18?/m1/s1. The fraction of sp³-hybridized carbons (Fsp3) is 0.381. The maximum absolute atomic E-state index is 12.7. The molecule has 3 fully saturated rings. The largest absolute Gasteiger partial charge is 0.322 e. The van der Waals surface area contributed by atoms with Crippen LogP contribution in [0.1, 0.15) is 38.2 Å². The zero-order chi connectivity index (χ0) is 18.1.